The first kappa shape index (κ1) is 19.5. The number of aromatic nitrogens is 2. The number of carbonyl (C=O) groups excluding carboxylic acids is 1. The zero-order valence-corrected chi connectivity index (χ0v) is 16.7. The number of aryl methyl sites for hydroxylation is 2. The molecule has 0 aliphatic rings. The van der Waals surface area contributed by atoms with Crippen molar-refractivity contribution in [2.45, 2.75) is 20.4 Å². The van der Waals surface area contributed by atoms with E-state index in [0.717, 1.165) is 16.7 Å². The molecule has 30 heavy (non-hydrogen) atoms. The van der Waals surface area contributed by atoms with Gasteiger partial charge in [0.15, 0.2) is 0 Å². The molecule has 1 amide bonds. The van der Waals surface area contributed by atoms with Crippen molar-refractivity contribution in [2.75, 3.05) is 0 Å². The fourth-order valence-corrected chi connectivity index (χ4v) is 3.62. The quantitative estimate of drug-likeness (QED) is 0.403. The van der Waals surface area contributed by atoms with Crippen molar-refractivity contribution in [3.05, 3.63) is 99.6 Å². The van der Waals surface area contributed by atoms with Crippen LogP contribution in [0.15, 0.2) is 71.5 Å². The topological polar surface area (TPSA) is 84.2 Å². The van der Waals surface area contributed by atoms with Gasteiger partial charge in [-0.25, -0.2) is 10.5 Å². The Kier molecular flexibility index (Phi) is 5.16. The molecule has 0 fully saturated rings. The zero-order valence-electron chi connectivity index (χ0n) is 16.7. The van der Waals surface area contributed by atoms with Gasteiger partial charge in [-0.15, -0.1) is 0 Å². The summed E-state index contributed by atoms with van der Waals surface area (Å²) in [5.41, 5.74) is 6.06. The Balaban J connectivity index is 1.82. The molecule has 0 aliphatic carbocycles. The highest BCUT2D eigenvalue weighted by Crippen LogP contribution is 2.25. The second-order valence-corrected chi connectivity index (χ2v) is 7.26. The van der Waals surface area contributed by atoms with Crippen molar-refractivity contribution >= 4 is 16.8 Å². The third-order valence-corrected chi connectivity index (χ3v) is 5.16. The third kappa shape index (κ3) is 3.60. The maximum absolute atomic E-state index is 13.1. The largest absolute Gasteiger partial charge is 0.292 e. The number of fused-ring (bicyclic) bond motifs is 1. The van der Waals surface area contributed by atoms with Crippen LogP contribution in [0.4, 0.5) is 0 Å². The lowest BCUT2D eigenvalue weighted by Crippen LogP contribution is -2.25. The number of carbonyl (C=O) groups is 1. The second kappa shape index (κ2) is 7.93. The number of amides is 1. The van der Waals surface area contributed by atoms with Gasteiger partial charge >= 0.3 is 0 Å². The lowest BCUT2D eigenvalue weighted by Gasteiger charge is -2.14. The molecule has 0 spiro atoms. The normalized spacial score (nSPS) is 10.9. The number of hydroxylamine groups is 1. The minimum atomic E-state index is -0.587. The number of benzene rings is 3. The lowest BCUT2D eigenvalue weighted by atomic mass is 9.96. The molecular formula is C24H21N3O3. The first-order valence-electron chi connectivity index (χ1n) is 9.58. The van der Waals surface area contributed by atoms with Crippen LogP contribution in [-0.4, -0.2) is 20.7 Å². The van der Waals surface area contributed by atoms with E-state index in [9.17, 15) is 9.59 Å². The van der Waals surface area contributed by atoms with Crippen LogP contribution in [0.3, 0.4) is 0 Å². The summed E-state index contributed by atoms with van der Waals surface area (Å²) in [7, 11) is 0. The fraction of sp³-hybridized carbons (Fsp3) is 0.125. The van der Waals surface area contributed by atoms with Crippen LogP contribution in [0.2, 0.25) is 0 Å². The number of hydrogen-bond acceptors (Lipinski definition) is 4. The van der Waals surface area contributed by atoms with Gasteiger partial charge in [-0.05, 0) is 60.4 Å². The summed E-state index contributed by atoms with van der Waals surface area (Å²) in [6, 6.07) is 20.4. The Bertz CT molecular complexity index is 1310. The summed E-state index contributed by atoms with van der Waals surface area (Å²) in [4.78, 5) is 29.8. The van der Waals surface area contributed by atoms with E-state index in [0.29, 0.717) is 34.4 Å². The van der Waals surface area contributed by atoms with Gasteiger partial charge in [-0.2, -0.15) is 0 Å². The molecule has 1 heterocycles. The number of hydrogen-bond donors (Lipinski definition) is 2. The minimum absolute atomic E-state index is 0.101. The first-order valence-corrected chi connectivity index (χ1v) is 9.58. The summed E-state index contributed by atoms with van der Waals surface area (Å²) in [6.45, 7) is 4.11. The highest BCUT2D eigenvalue weighted by molar-refractivity contribution is 6.00. The number of nitrogens with one attached hydrogen (secondary N) is 1. The number of rotatable bonds is 4. The van der Waals surface area contributed by atoms with Gasteiger partial charge < -0.3 is 0 Å². The Morgan fingerprint density at radius 3 is 2.53 bits per heavy atom. The van der Waals surface area contributed by atoms with Crippen molar-refractivity contribution in [3.63, 3.8) is 0 Å². The Morgan fingerprint density at radius 1 is 1.03 bits per heavy atom. The first-order chi connectivity index (χ1) is 14.5. The van der Waals surface area contributed by atoms with Crippen LogP contribution < -0.4 is 11.0 Å². The van der Waals surface area contributed by atoms with Gasteiger partial charge in [0.2, 0.25) is 0 Å². The molecule has 0 radical (unpaired) electrons. The van der Waals surface area contributed by atoms with E-state index in [1.807, 2.05) is 62.4 Å². The van der Waals surface area contributed by atoms with Crippen molar-refractivity contribution in [1.29, 1.82) is 0 Å². The molecule has 0 saturated heterocycles. The summed E-state index contributed by atoms with van der Waals surface area (Å²) in [5.74, 6) is 0.0352. The van der Waals surface area contributed by atoms with E-state index in [1.165, 1.54) is 0 Å². The molecule has 6 nitrogen and oxygen atoms in total. The molecule has 0 saturated carbocycles. The fourth-order valence-electron chi connectivity index (χ4n) is 3.62. The van der Waals surface area contributed by atoms with Gasteiger partial charge in [-0.1, -0.05) is 42.5 Å². The number of nitrogens with zero attached hydrogens (tertiary/aromatic N) is 2. The summed E-state index contributed by atoms with van der Waals surface area (Å²) in [6.07, 6.45) is 0. The average Bonchev–Trinajstić information content (AvgIpc) is 2.76. The van der Waals surface area contributed by atoms with Crippen LogP contribution in [0.1, 0.15) is 27.3 Å². The maximum Gasteiger partial charge on any atom is 0.275 e. The van der Waals surface area contributed by atoms with Gasteiger partial charge in [0.1, 0.15) is 5.82 Å². The van der Waals surface area contributed by atoms with Crippen LogP contribution >= 0.6 is 0 Å². The van der Waals surface area contributed by atoms with Crippen LogP contribution in [0.5, 0.6) is 0 Å². The van der Waals surface area contributed by atoms with Gasteiger partial charge in [0.25, 0.3) is 11.5 Å². The predicted octanol–water partition coefficient (Wildman–Crippen LogP) is 3.85. The van der Waals surface area contributed by atoms with E-state index >= 15 is 0 Å². The average molecular weight is 399 g/mol. The molecule has 0 atom stereocenters. The molecule has 150 valence electrons. The summed E-state index contributed by atoms with van der Waals surface area (Å²) >= 11 is 0. The third-order valence-electron chi connectivity index (χ3n) is 5.16. The van der Waals surface area contributed by atoms with Gasteiger partial charge in [0.05, 0.1) is 17.4 Å². The minimum Gasteiger partial charge on any atom is -0.292 e. The highest BCUT2D eigenvalue weighted by atomic mass is 16.5. The molecule has 0 unspecified atom stereocenters. The van der Waals surface area contributed by atoms with Crippen LogP contribution in [-0.2, 0) is 6.54 Å². The van der Waals surface area contributed by atoms with Crippen molar-refractivity contribution in [3.8, 4) is 11.1 Å². The van der Waals surface area contributed by atoms with E-state index in [2.05, 4.69) is 4.98 Å². The zero-order chi connectivity index (χ0) is 21.3. The van der Waals surface area contributed by atoms with Crippen molar-refractivity contribution < 1.29 is 10.0 Å². The van der Waals surface area contributed by atoms with Crippen molar-refractivity contribution in [2.24, 2.45) is 0 Å². The van der Waals surface area contributed by atoms with Crippen LogP contribution in [0.25, 0.3) is 22.0 Å². The van der Waals surface area contributed by atoms with Gasteiger partial charge in [-0.3, -0.25) is 19.4 Å². The van der Waals surface area contributed by atoms with E-state index < -0.39 is 5.91 Å². The molecule has 0 aliphatic heterocycles. The van der Waals surface area contributed by atoms with E-state index in [-0.39, 0.29) is 5.56 Å². The Labute approximate surface area is 173 Å². The van der Waals surface area contributed by atoms with Crippen molar-refractivity contribution in [1.82, 2.24) is 15.0 Å². The SMILES string of the molecule is Cc1ccc2c(=O)n(Cc3ccc(C(=O)NO)c(-c4ccccc4)c3)c(C)nc2c1. The predicted molar refractivity (Wildman–Crippen MR) is 116 cm³/mol. The molecule has 4 aromatic rings. The second-order valence-electron chi connectivity index (χ2n) is 7.26. The van der Waals surface area contributed by atoms with Gasteiger partial charge in [0, 0.05) is 5.56 Å². The maximum atomic E-state index is 13.1. The highest BCUT2D eigenvalue weighted by Gasteiger charge is 2.15. The summed E-state index contributed by atoms with van der Waals surface area (Å²) in [5, 5.41) is 9.68. The molecule has 3 aromatic carbocycles. The van der Waals surface area contributed by atoms with E-state index in [4.69, 9.17) is 5.21 Å². The molecular weight excluding hydrogens is 378 g/mol. The molecule has 6 heteroatoms. The molecule has 1 aromatic heterocycles. The molecule has 4 rings (SSSR count). The lowest BCUT2D eigenvalue weighted by molar-refractivity contribution is 0.0707. The molecule has 2 N–H and O–H groups in total. The Morgan fingerprint density at radius 2 is 1.80 bits per heavy atom. The van der Waals surface area contributed by atoms with E-state index in [1.54, 1.807) is 28.2 Å². The summed E-state index contributed by atoms with van der Waals surface area (Å²) < 4.78 is 1.63. The standard InChI is InChI=1S/C24H21N3O3/c1-15-8-10-20-22(12-15)25-16(2)27(24(20)29)14-17-9-11-19(23(28)26-30)21(13-17)18-6-4-3-5-7-18/h3-13,30H,14H2,1-2H3,(H,26,28). The van der Waals surface area contributed by atoms with Crippen LogP contribution in [0, 0.1) is 13.8 Å². The monoisotopic (exact) mass is 399 g/mol. The Hall–Kier alpha value is -3.77. The molecule has 0 bridgehead atoms. The smallest absolute Gasteiger partial charge is 0.275 e.